The number of hydrogen-bond acceptors (Lipinski definition) is 3. The van der Waals surface area contributed by atoms with E-state index in [1.54, 1.807) is 18.2 Å². The Morgan fingerprint density at radius 1 is 1.25 bits per heavy atom. The van der Waals surface area contributed by atoms with Gasteiger partial charge in [0.15, 0.2) is 0 Å². The zero-order chi connectivity index (χ0) is 14.5. The summed E-state index contributed by atoms with van der Waals surface area (Å²) < 4.78 is 12.8. The number of nitrogens with one attached hydrogen (secondary N) is 1. The van der Waals surface area contributed by atoms with Gasteiger partial charge in [0.2, 0.25) is 0 Å². The highest BCUT2D eigenvalue weighted by molar-refractivity contribution is 6.33. The Labute approximate surface area is 121 Å². The van der Waals surface area contributed by atoms with Crippen LogP contribution in [0.2, 0.25) is 5.02 Å². The van der Waals surface area contributed by atoms with Gasteiger partial charge in [-0.05, 0) is 35.9 Å². The van der Waals surface area contributed by atoms with Crippen molar-refractivity contribution in [2.75, 3.05) is 11.9 Å². The second-order valence-electron chi connectivity index (χ2n) is 4.25. The van der Waals surface area contributed by atoms with Crippen LogP contribution in [0.5, 0.6) is 0 Å². The van der Waals surface area contributed by atoms with E-state index in [0.717, 1.165) is 0 Å². The van der Waals surface area contributed by atoms with Crippen molar-refractivity contribution < 1.29 is 9.50 Å². The van der Waals surface area contributed by atoms with Gasteiger partial charge in [0, 0.05) is 6.54 Å². The van der Waals surface area contributed by atoms with Gasteiger partial charge < -0.3 is 10.4 Å². The number of anilines is 1. The smallest absolute Gasteiger partial charge is 0.123 e. The standard InChI is InChI=1S/C15H12ClFN2O/c16-13-6-1-10(8-18)7-14(13)19-9-15(20)11-2-4-12(17)5-3-11/h1-7,15,19-20H,9H2. The summed E-state index contributed by atoms with van der Waals surface area (Å²) in [5.41, 5.74) is 1.66. The topological polar surface area (TPSA) is 56.0 Å². The summed E-state index contributed by atoms with van der Waals surface area (Å²) in [6.07, 6.45) is -0.794. The van der Waals surface area contributed by atoms with Gasteiger partial charge in [-0.2, -0.15) is 5.26 Å². The maximum atomic E-state index is 12.8. The third-order valence-corrected chi connectivity index (χ3v) is 3.17. The fraction of sp³-hybridized carbons (Fsp3) is 0.133. The molecule has 0 radical (unpaired) electrons. The molecule has 0 aliphatic carbocycles. The number of hydrogen-bond donors (Lipinski definition) is 2. The van der Waals surface area contributed by atoms with Crippen molar-refractivity contribution in [1.29, 1.82) is 5.26 Å². The predicted molar refractivity (Wildman–Crippen MR) is 76.0 cm³/mol. The first kappa shape index (κ1) is 14.3. The van der Waals surface area contributed by atoms with Crippen molar-refractivity contribution >= 4 is 17.3 Å². The van der Waals surface area contributed by atoms with Gasteiger partial charge >= 0.3 is 0 Å². The van der Waals surface area contributed by atoms with E-state index in [0.29, 0.717) is 21.8 Å². The Morgan fingerprint density at radius 3 is 2.60 bits per heavy atom. The van der Waals surface area contributed by atoms with E-state index in [-0.39, 0.29) is 12.4 Å². The van der Waals surface area contributed by atoms with E-state index >= 15 is 0 Å². The Morgan fingerprint density at radius 2 is 1.95 bits per heavy atom. The molecule has 1 atom stereocenters. The highest BCUT2D eigenvalue weighted by Crippen LogP contribution is 2.24. The molecule has 2 aromatic carbocycles. The minimum Gasteiger partial charge on any atom is -0.387 e. The molecular weight excluding hydrogens is 279 g/mol. The van der Waals surface area contributed by atoms with Gasteiger partial charge in [-0.15, -0.1) is 0 Å². The molecule has 0 aliphatic rings. The van der Waals surface area contributed by atoms with E-state index in [2.05, 4.69) is 5.32 Å². The molecule has 0 aliphatic heterocycles. The van der Waals surface area contributed by atoms with Crippen molar-refractivity contribution in [2.45, 2.75) is 6.10 Å². The quantitative estimate of drug-likeness (QED) is 0.906. The maximum absolute atomic E-state index is 12.8. The first-order chi connectivity index (χ1) is 9.60. The largest absolute Gasteiger partial charge is 0.387 e. The molecule has 20 heavy (non-hydrogen) atoms. The Balaban J connectivity index is 2.05. The molecular formula is C15H12ClFN2O. The van der Waals surface area contributed by atoms with Crippen LogP contribution in [0.15, 0.2) is 42.5 Å². The number of aliphatic hydroxyl groups excluding tert-OH is 1. The van der Waals surface area contributed by atoms with Crippen LogP contribution in [0.25, 0.3) is 0 Å². The van der Waals surface area contributed by atoms with E-state index in [9.17, 15) is 9.50 Å². The van der Waals surface area contributed by atoms with Gasteiger partial charge in [0.05, 0.1) is 28.4 Å². The Kier molecular flexibility index (Phi) is 4.57. The van der Waals surface area contributed by atoms with Crippen LogP contribution < -0.4 is 5.32 Å². The average Bonchev–Trinajstić information content (AvgIpc) is 2.47. The molecule has 0 saturated heterocycles. The fourth-order valence-corrected chi connectivity index (χ4v) is 1.92. The van der Waals surface area contributed by atoms with E-state index in [1.807, 2.05) is 6.07 Å². The molecule has 2 rings (SSSR count). The zero-order valence-corrected chi connectivity index (χ0v) is 11.2. The van der Waals surface area contributed by atoms with Crippen molar-refractivity contribution in [1.82, 2.24) is 0 Å². The van der Waals surface area contributed by atoms with E-state index in [1.165, 1.54) is 24.3 Å². The van der Waals surface area contributed by atoms with Crippen molar-refractivity contribution in [3.05, 3.63) is 64.4 Å². The lowest BCUT2D eigenvalue weighted by molar-refractivity contribution is 0.191. The molecule has 5 heteroatoms. The molecule has 0 fully saturated rings. The highest BCUT2D eigenvalue weighted by Gasteiger charge is 2.09. The molecule has 0 bridgehead atoms. The average molecular weight is 291 g/mol. The van der Waals surface area contributed by atoms with Crippen LogP contribution in [-0.4, -0.2) is 11.7 Å². The number of aliphatic hydroxyl groups is 1. The van der Waals surface area contributed by atoms with Crippen LogP contribution in [0.3, 0.4) is 0 Å². The summed E-state index contributed by atoms with van der Waals surface area (Å²) >= 11 is 6.00. The fourth-order valence-electron chi connectivity index (χ4n) is 1.74. The summed E-state index contributed by atoms with van der Waals surface area (Å²) in [6, 6.07) is 12.5. The zero-order valence-electron chi connectivity index (χ0n) is 10.5. The monoisotopic (exact) mass is 290 g/mol. The van der Waals surface area contributed by atoms with Crippen molar-refractivity contribution in [3.63, 3.8) is 0 Å². The lowest BCUT2D eigenvalue weighted by Crippen LogP contribution is -2.12. The van der Waals surface area contributed by atoms with E-state index < -0.39 is 6.10 Å². The molecule has 0 amide bonds. The van der Waals surface area contributed by atoms with Gasteiger partial charge in [0.1, 0.15) is 5.82 Å². The Hall–Kier alpha value is -2.09. The molecule has 2 N–H and O–H groups in total. The molecule has 1 unspecified atom stereocenters. The van der Waals surface area contributed by atoms with Crippen LogP contribution in [0.1, 0.15) is 17.2 Å². The van der Waals surface area contributed by atoms with Gasteiger partial charge in [0.25, 0.3) is 0 Å². The normalized spacial score (nSPS) is 11.7. The van der Waals surface area contributed by atoms with Gasteiger partial charge in [-0.25, -0.2) is 4.39 Å². The number of benzene rings is 2. The summed E-state index contributed by atoms with van der Waals surface area (Å²) in [4.78, 5) is 0. The van der Waals surface area contributed by atoms with Crippen LogP contribution in [0.4, 0.5) is 10.1 Å². The number of nitriles is 1. The first-order valence-electron chi connectivity index (χ1n) is 5.97. The lowest BCUT2D eigenvalue weighted by Gasteiger charge is -2.14. The number of halogens is 2. The van der Waals surface area contributed by atoms with Gasteiger partial charge in [-0.1, -0.05) is 23.7 Å². The first-order valence-corrected chi connectivity index (χ1v) is 6.35. The maximum Gasteiger partial charge on any atom is 0.123 e. The van der Waals surface area contributed by atoms with Crippen molar-refractivity contribution in [3.8, 4) is 6.07 Å². The summed E-state index contributed by atoms with van der Waals surface area (Å²) in [7, 11) is 0. The summed E-state index contributed by atoms with van der Waals surface area (Å²) in [6.45, 7) is 0.209. The number of nitrogens with zero attached hydrogens (tertiary/aromatic N) is 1. The Bertz CT molecular complexity index is 637. The second kappa shape index (κ2) is 6.38. The molecule has 0 saturated carbocycles. The molecule has 102 valence electrons. The minimum absolute atomic E-state index is 0.209. The third kappa shape index (κ3) is 3.47. The van der Waals surface area contributed by atoms with Crippen LogP contribution in [0, 0.1) is 17.1 Å². The van der Waals surface area contributed by atoms with E-state index in [4.69, 9.17) is 16.9 Å². The number of rotatable bonds is 4. The highest BCUT2D eigenvalue weighted by atomic mass is 35.5. The third-order valence-electron chi connectivity index (χ3n) is 2.84. The minimum atomic E-state index is -0.794. The summed E-state index contributed by atoms with van der Waals surface area (Å²) in [5, 5.41) is 22.3. The molecule has 0 aromatic heterocycles. The molecule has 3 nitrogen and oxygen atoms in total. The lowest BCUT2D eigenvalue weighted by atomic mass is 10.1. The van der Waals surface area contributed by atoms with Crippen LogP contribution >= 0.6 is 11.6 Å². The second-order valence-corrected chi connectivity index (χ2v) is 4.66. The van der Waals surface area contributed by atoms with Crippen LogP contribution in [-0.2, 0) is 0 Å². The molecule has 2 aromatic rings. The summed E-state index contributed by atoms with van der Waals surface area (Å²) in [5.74, 6) is -0.348. The van der Waals surface area contributed by atoms with Crippen molar-refractivity contribution in [2.24, 2.45) is 0 Å². The molecule has 0 heterocycles. The SMILES string of the molecule is N#Cc1ccc(Cl)c(NCC(O)c2ccc(F)cc2)c1. The van der Waals surface area contributed by atoms with Gasteiger partial charge in [-0.3, -0.25) is 0 Å². The predicted octanol–water partition coefficient (Wildman–Crippen LogP) is 3.50. The molecule has 0 spiro atoms.